The minimum absolute atomic E-state index is 0.0551. The highest BCUT2D eigenvalue weighted by atomic mass is 35.5. The van der Waals surface area contributed by atoms with Crippen LogP contribution in [0.15, 0.2) is 72.8 Å². The molecule has 0 spiro atoms. The third kappa shape index (κ3) is 8.95. The molecule has 0 saturated heterocycles. The van der Waals surface area contributed by atoms with Crippen LogP contribution >= 0.6 is 11.6 Å². The maximum atomic E-state index is 12.9. The topological polar surface area (TPSA) is 108 Å². The van der Waals surface area contributed by atoms with E-state index in [1.807, 2.05) is 48.5 Å². The van der Waals surface area contributed by atoms with Crippen LogP contribution in [0.4, 0.5) is 10.5 Å². The Morgan fingerprint density at radius 3 is 2.08 bits per heavy atom. The molecule has 0 fully saturated rings. The molecule has 0 aliphatic carbocycles. The normalized spacial score (nSPS) is 11.6. The third-order valence-corrected chi connectivity index (χ3v) is 6.23. The Hall–Kier alpha value is -3.84. The molecule has 37 heavy (non-hydrogen) atoms. The minimum atomic E-state index is -0.973. The average molecular weight is 522 g/mol. The smallest absolute Gasteiger partial charge is 0.319 e. The van der Waals surface area contributed by atoms with Gasteiger partial charge in [-0.15, -0.1) is 0 Å². The lowest BCUT2D eigenvalue weighted by atomic mass is 9.98. The summed E-state index contributed by atoms with van der Waals surface area (Å²) in [5.41, 5.74) is 4.25. The van der Waals surface area contributed by atoms with Crippen molar-refractivity contribution < 1.29 is 19.5 Å². The first-order valence-corrected chi connectivity index (χ1v) is 12.6. The summed E-state index contributed by atoms with van der Waals surface area (Å²) in [6, 6.07) is 21.7. The Bertz CT molecular complexity index is 1190. The number of aryl methyl sites for hydroxylation is 1. The monoisotopic (exact) mass is 521 g/mol. The van der Waals surface area contributed by atoms with Crippen molar-refractivity contribution in [3.63, 3.8) is 0 Å². The molecule has 0 aliphatic heterocycles. The SMILES string of the molecule is CC(C)c1ccc(NC(=O)NC(CCc2ccc(Cl)cc2)c2ccc(C(=O)NCCC(=O)O)cc2)cc1. The quantitative estimate of drug-likeness (QED) is 0.242. The molecule has 0 saturated carbocycles. The second-order valence-electron chi connectivity index (χ2n) is 9.11. The maximum absolute atomic E-state index is 12.9. The molecule has 0 radical (unpaired) electrons. The van der Waals surface area contributed by atoms with Crippen molar-refractivity contribution in [3.05, 3.63) is 100 Å². The molecule has 3 rings (SSSR count). The molecule has 1 unspecified atom stereocenters. The van der Waals surface area contributed by atoms with Crippen molar-refractivity contribution in [2.75, 3.05) is 11.9 Å². The van der Waals surface area contributed by atoms with Crippen molar-refractivity contribution in [3.8, 4) is 0 Å². The molecular formula is C29H32ClN3O4. The van der Waals surface area contributed by atoms with Crippen LogP contribution in [0, 0.1) is 0 Å². The highest BCUT2D eigenvalue weighted by molar-refractivity contribution is 6.30. The van der Waals surface area contributed by atoms with E-state index in [1.54, 1.807) is 24.3 Å². The molecule has 0 aliphatic rings. The largest absolute Gasteiger partial charge is 0.481 e. The van der Waals surface area contributed by atoms with Gasteiger partial charge in [0.1, 0.15) is 0 Å². The van der Waals surface area contributed by atoms with Gasteiger partial charge in [0.05, 0.1) is 12.5 Å². The number of halogens is 1. The first kappa shape index (κ1) is 27.7. The second kappa shape index (κ2) is 13.5. The fourth-order valence-corrected chi connectivity index (χ4v) is 3.94. The van der Waals surface area contributed by atoms with Gasteiger partial charge in [-0.25, -0.2) is 4.79 Å². The van der Waals surface area contributed by atoms with Crippen molar-refractivity contribution in [2.24, 2.45) is 0 Å². The molecule has 1 atom stereocenters. The summed E-state index contributed by atoms with van der Waals surface area (Å²) in [5.74, 6) is -0.914. The van der Waals surface area contributed by atoms with E-state index in [2.05, 4.69) is 29.8 Å². The van der Waals surface area contributed by atoms with Crippen LogP contribution in [-0.4, -0.2) is 29.6 Å². The highest BCUT2D eigenvalue weighted by Crippen LogP contribution is 2.22. The van der Waals surface area contributed by atoms with Gasteiger partial charge in [-0.1, -0.05) is 61.8 Å². The highest BCUT2D eigenvalue weighted by Gasteiger charge is 2.16. The molecule has 0 bridgehead atoms. The first-order chi connectivity index (χ1) is 17.7. The molecule has 3 aromatic carbocycles. The van der Waals surface area contributed by atoms with Gasteiger partial charge >= 0.3 is 12.0 Å². The van der Waals surface area contributed by atoms with Crippen LogP contribution in [0.2, 0.25) is 5.02 Å². The van der Waals surface area contributed by atoms with E-state index in [1.165, 1.54) is 5.56 Å². The first-order valence-electron chi connectivity index (χ1n) is 12.2. The number of hydrogen-bond acceptors (Lipinski definition) is 3. The van der Waals surface area contributed by atoms with Gasteiger partial charge in [-0.2, -0.15) is 0 Å². The molecule has 4 N–H and O–H groups in total. The Morgan fingerprint density at radius 2 is 1.49 bits per heavy atom. The number of aliphatic carboxylic acids is 1. The zero-order valence-electron chi connectivity index (χ0n) is 21.0. The van der Waals surface area contributed by atoms with Gasteiger partial charge < -0.3 is 21.1 Å². The van der Waals surface area contributed by atoms with Crippen LogP contribution in [-0.2, 0) is 11.2 Å². The second-order valence-corrected chi connectivity index (χ2v) is 9.55. The fourth-order valence-electron chi connectivity index (χ4n) is 3.81. The molecule has 8 heteroatoms. The van der Waals surface area contributed by atoms with E-state index < -0.39 is 5.97 Å². The van der Waals surface area contributed by atoms with E-state index >= 15 is 0 Å². The molecule has 3 amide bonds. The lowest BCUT2D eigenvalue weighted by Crippen LogP contribution is -2.33. The summed E-state index contributed by atoms with van der Waals surface area (Å²) in [6.45, 7) is 4.29. The number of carboxylic acids is 1. The Balaban J connectivity index is 1.70. The van der Waals surface area contributed by atoms with E-state index in [0.717, 1.165) is 11.1 Å². The van der Waals surface area contributed by atoms with Crippen molar-refractivity contribution >= 4 is 35.2 Å². The zero-order chi connectivity index (χ0) is 26.8. The molecule has 0 heterocycles. The van der Waals surface area contributed by atoms with Crippen LogP contribution in [0.5, 0.6) is 0 Å². The number of benzene rings is 3. The van der Waals surface area contributed by atoms with Gasteiger partial charge in [0.25, 0.3) is 5.91 Å². The summed E-state index contributed by atoms with van der Waals surface area (Å²) >= 11 is 6.00. The average Bonchev–Trinajstić information content (AvgIpc) is 2.87. The number of carbonyl (C=O) groups excluding carboxylic acids is 2. The molecule has 194 valence electrons. The number of carboxylic acid groups (broad SMARTS) is 1. The number of carbonyl (C=O) groups is 3. The number of rotatable bonds is 11. The van der Waals surface area contributed by atoms with Crippen LogP contribution in [0.25, 0.3) is 0 Å². The number of hydrogen-bond donors (Lipinski definition) is 4. The number of anilines is 1. The predicted octanol–water partition coefficient (Wildman–Crippen LogP) is 6.16. The number of nitrogens with one attached hydrogen (secondary N) is 3. The zero-order valence-corrected chi connectivity index (χ0v) is 21.7. The summed E-state index contributed by atoms with van der Waals surface area (Å²) in [4.78, 5) is 35.8. The van der Waals surface area contributed by atoms with Gasteiger partial charge in [-0.05, 0) is 71.8 Å². The van der Waals surface area contributed by atoms with E-state index in [4.69, 9.17) is 16.7 Å². The minimum Gasteiger partial charge on any atom is -0.481 e. The van der Waals surface area contributed by atoms with Crippen molar-refractivity contribution in [1.82, 2.24) is 10.6 Å². The standard InChI is InChI=1S/C29H32ClN3O4/c1-19(2)21-10-14-25(15-11-21)32-29(37)33-26(16-5-20-3-12-24(30)13-4-20)22-6-8-23(9-7-22)28(36)31-18-17-27(34)35/h3-4,6-15,19,26H,5,16-18H2,1-2H3,(H,31,36)(H,34,35)(H2,32,33,37). The molecule has 7 nitrogen and oxygen atoms in total. The number of amides is 3. The van der Waals surface area contributed by atoms with E-state index in [-0.39, 0.29) is 30.9 Å². The Morgan fingerprint density at radius 1 is 0.865 bits per heavy atom. The van der Waals surface area contributed by atoms with Gasteiger partial charge in [0.2, 0.25) is 0 Å². The van der Waals surface area contributed by atoms with Gasteiger partial charge in [0, 0.05) is 22.8 Å². The van der Waals surface area contributed by atoms with E-state index in [0.29, 0.717) is 35.0 Å². The molecule has 3 aromatic rings. The Kier molecular flexibility index (Phi) is 10.1. The third-order valence-electron chi connectivity index (χ3n) is 5.98. The summed E-state index contributed by atoms with van der Waals surface area (Å²) in [7, 11) is 0. The van der Waals surface area contributed by atoms with Crippen LogP contribution in [0.1, 0.15) is 65.7 Å². The molecule has 0 aromatic heterocycles. The summed E-state index contributed by atoms with van der Waals surface area (Å²) in [6.07, 6.45) is 1.20. The van der Waals surface area contributed by atoms with Gasteiger partial charge in [-0.3, -0.25) is 9.59 Å². The summed E-state index contributed by atoms with van der Waals surface area (Å²) < 4.78 is 0. The van der Waals surface area contributed by atoms with Crippen molar-refractivity contribution in [2.45, 2.75) is 45.1 Å². The van der Waals surface area contributed by atoms with Gasteiger partial charge in [0.15, 0.2) is 0 Å². The summed E-state index contributed by atoms with van der Waals surface area (Å²) in [5, 5.41) is 17.9. The molecular weight excluding hydrogens is 490 g/mol. The maximum Gasteiger partial charge on any atom is 0.319 e. The van der Waals surface area contributed by atoms with Crippen LogP contribution in [0.3, 0.4) is 0 Å². The van der Waals surface area contributed by atoms with Crippen LogP contribution < -0.4 is 16.0 Å². The van der Waals surface area contributed by atoms with Crippen molar-refractivity contribution in [1.29, 1.82) is 0 Å². The lowest BCUT2D eigenvalue weighted by Gasteiger charge is -2.20. The number of urea groups is 1. The fraction of sp³-hybridized carbons (Fsp3) is 0.276. The lowest BCUT2D eigenvalue weighted by molar-refractivity contribution is -0.136. The predicted molar refractivity (Wildman–Crippen MR) is 146 cm³/mol. The van der Waals surface area contributed by atoms with E-state index in [9.17, 15) is 14.4 Å². The Labute approximate surface area is 222 Å².